The molecule has 0 saturated heterocycles. The highest BCUT2D eigenvalue weighted by atomic mass is 35.5. The molecule has 1 N–H and O–H groups in total. The monoisotopic (exact) mass is 265 g/mol. The van der Waals surface area contributed by atoms with Crippen LogP contribution in [0.2, 0.25) is 0 Å². The normalized spacial score (nSPS) is 11.1. The largest absolute Gasteiger partial charge is 0.312 e. The lowest BCUT2D eigenvalue weighted by Crippen LogP contribution is -2.19. The Morgan fingerprint density at radius 3 is 2.67 bits per heavy atom. The Hall–Kier alpha value is 0.300. The van der Waals surface area contributed by atoms with E-state index < -0.39 is 0 Å². The molecule has 1 aromatic heterocycles. The van der Waals surface area contributed by atoms with Gasteiger partial charge in [-0.15, -0.1) is 12.4 Å². The van der Waals surface area contributed by atoms with Crippen LogP contribution in [-0.2, 0) is 6.54 Å². The van der Waals surface area contributed by atoms with Gasteiger partial charge in [0, 0.05) is 23.6 Å². The van der Waals surface area contributed by atoms with Gasteiger partial charge in [0.15, 0.2) is 0 Å². The van der Waals surface area contributed by atoms with Crippen molar-refractivity contribution in [2.24, 2.45) is 0 Å². The summed E-state index contributed by atoms with van der Waals surface area (Å²) < 4.78 is 0.393. The van der Waals surface area contributed by atoms with Gasteiger partial charge in [0.25, 0.3) is 0 Å². The van der Waals surface area contributed by atoms with Gasteiger partial charge in [-0.2, -0.15) is 23.1 Å². The van der Waals surface area contributed by atoms with Crippen molar-refractivity contribution in [1.29, 1.82) is 0 Å². The Labute approximate surface area is 107 Å². The maximum absolute atomic E-state index is 3.45. The van der Waals surface area contributed by atoms with Gasteiger partial charge in [-0.1, -0.05) is 20.8 Å². The smallest absolute Gasteiger partial charge is 0.0214 e. The van der Waals surface area contributed by atoms with E-state index >= 15 is 0 Å². The van der Waals surface area contributed by atoms with E-state index in [1.54, 1.807) is 11.3 Å². The number of rotatable bonds is 5. The van der Waals surface area contributed by atoms with Gasteiger partial charge in [-0.3, -0.25) is 0 Å². The molecule has 1 heterocycles. The molecule has 0 aliphatic heterocycles. The number of thioether (sulfide) groups is 1. The van der Waals surface area contributed by atoms with Crippen LogP contribution in [0.25, 0.3) is 0 Å². The molecule has 1 rings (SSSR count). The third kappa shape index (κ3) is 8.14. The second-order valence-electron chi connectivity index (χ2n) is 4.27. The third-order valence-electron chi connectivity index (χ3n) is 1.72. The molecule has 0 radical (unpaired) electrons. The lowest BCUT2D eigenvalue weighted by Gasteiger charge is -2.17. The van der Waals surface area contributed by atoms with E-state index in [0.29, 0.717) is 4.75 Å². The predicted octanol–water partition coefficient (Wildman–Crippen LogP) is 3.79. The van der Waals surface area contributed by atoms with Gasteiger partial charge in [0.2, 0.25) is 0 Å². The van der Waals surface area contributed by atoms with E-state index in [0.717, 1.165) is 13.1 Å². The van der Waals surface area contributed by atoms with Crippen LogP contribution in [0, 0.1) is 0 Å². The standard InChI is InChI=1S/C11H19NS2.ClH/c1-11(2,3)14-7-5-12-8-10-4-6-13-9-10;/h4,6,9,12H,5,7-8H2,1-3H3;1H. The molecule has 0 atom stereocenters. The lowest BCUT2D eigenvalue weighted by molar-refractivity contribution is 0.727. The average molecular weight is 266 g/mol. The number of thiophene rings is 1. The molecule has 0 amide bonds. The zero-order valence-corrected chi connectivity index (χ0v) is 12.0. The van der Waals surface area contributed by atoms with Crippen LogP contribution in [-0.4, -0.2) is 17.0 Å². The second kappa shape index (κ2) is 7.55. The van der Waals surface area contributed by atoms with E-state index in [9.17, 15) is 0 Å². The molecular formula is C11H20ClNS2. The van der Waals surface area contributed by atoms with E-state index in [4.69, 9.17) is 0 Å². The summed E-state index contributed by atoms with van der Waals surface area (Å²) in [4.78, 5) is 0. The molecule has 1 nitrogen and oxygen atoms in total. The van der Waals surface area contributed by atoms with E-state index in [2.05, 4.69) is 42.9 Å². The van der Waals surface area contributed by atoms with Crippen molar-refractivity contribution in [1.82, 2.24) is 5.32 Å². The van der Waals surface area contributed by atoms with Gasteiger partial charge in [-0.05, 0) is 22.4 Å². The first kappa shape index (κ1) is 15.3. The lowest BCUT2D eigenvalue weighted by atomic mass is 10.3. The number of hydrogen-bond acceptors (Lipinski definition) is 3. The van der Waals surface area contributed by atoms with Gasteiger partial charge in [0.05, 0.1) is 0 Å². The summed E-state index contributed by atoms with van der Waals surface area (Å²) in [5.74, 6) is 1.19. The van der Waals surface area contributed by atoms with Crippen molar-refractivity contribution in [3.05, 3.63) is 22.4 Å². The first-order chi connectivity index (χ1) is 6.58. The summed E-state index contributed by atoms with van der Waals surface area (Å²) in [6, 6.07) is 2.18. The molecule has 0 bridgehead atoms. The Balaban J connectivity index is 0.00000196. The summed E-state index contributed by atoms with van der Waals surface area (Å²) >= 11 is 3.77. The van der Waals surface area contributed by atoms with Crippen LogP contribution >= 0.6 is 35.5 Å². The molecule has 0 spiro atoms. The molecule has 0 aliphatic rings. The van der Waals surface area contributed by atoms with E-state index in [1.807, 2.05) is 11.8 Å². The van der Waals surface area contributed by atoms with Gasteiger partial charge < -0.3 is 5.32 Å². The van der Waals surface area contributed by atoms with Gasteiger partial charge in [0.1, 0.15) is 0 Å². The first-order valence-corrected chi connectivity index (χ1v) is 6.86. The van der Waals surface area contributed by atoms with Crippen molar-refractivity contribution < 1.29 is 0 Å². The molecular weight excluding hydrogens is 246 g/mol. The molecule has 0 fully saturated rings. The maximum atomic E-state index is 3.45. The molecule has 88 valence electrons. The van der Waals surface area contributed by atoms with Crippen molar-refractivity contribution in [3.8, 4) is 0 Å². The summed E-state index contributed by atoms with van der Waals surface area (Å²) in [5, 5.41) is 7.77. The van der Waals surface area contributed by atoms with Crippen LogP contribution in [0.4, 0.5) is 0 Å². The Kier molecular flexibility index (Phi) is 7.70. The Morgan fingerprint density at radius 2 is 2.13 bits per heavy atom. The number of hydrogen-bond donors (Lipinski definition) is 1. The zero-order chi connectivity index (χ0) is 10.4. The SMILES string of the molecule is CC(C)(C)SCCNCc1ccsc1.Cl. The van der Waals surface area contributed by atoms with Crippen LogP contribution < -0.4 is 5.32 Å². The average Bonchev–Trinajstić information content (AvgIpc) is 2.54. The number of halogens is 1. The Bertz CT molecular complexity index is 242. The molecule has 1 aromatic rings. The fourth-order valence-electron chi connectivity index (χ4n) is 1.06. The quantitative estimate of drug-likeness (QED) is 0.813. The van der Waals surface area contributed by atoms with E-state index in [-0.39, 0.29) is 12.4 Å². The fourth-order valence-corrected chi connectivity index (χ4v) is 2.58. The highest BCUT2D eigenvalue weighted by molar-refractivity contribution is 8.00. The molecule has 0 unspecified atom stereocenters. The first-order valence-electron chi connectivity index (χ1n) is 4.94. The minimum Gasteiger partial charge on any atom is -0.312 e. The van der Waals surface area contributed by atoms with Gasteiger partial charge >= 0.3 is 0 Å². The summed E-state index contributed by atoms with van der Waals surface area (Å²) in [7, 11) is 0. The summed E-state index contributed by atoms with van der Waals surface area (Å²) in [6.45, 7) is 8.88. The molecule has 0 saturated carbocycles. The Morgan fingerprint density at radius 1 is 1.40 bits per heavy atom. The number of nitrogens with one attached hydrogen (secondary N) is 1. The minimum absolute atomic E-state index is 0. The predicted molar refractivity (Wildman–Crippen MR) is 75.5 cm³/mol. The fraction of sp³-hybridized carbons (Fsp3) is 0.636. The topological polar surface area (TPSA) is 12.0 Å². The highest BCUT2D eigenvalue weighted by Gasteiger charge is 2.08. The maximum Gasteiger partial charge on any atom is 0.0214 e. The minimum atomic E-state index is 0. The van der Waals surface area contributed by atoms with Crippen LogP contribution in [0.3, 0.4) is 0 Å². The summed E-state index contributed by atoms with van der Waals surface area (Å²) in [6.07, 6.45) is 0. The highest BCUT2D eigenvalue weighted by Crippen LogP contribution is 2.22. The van der Waals surface area contributed by atoms with Crippen LogP contribution in [0.5, 0.6) is 0 Å². The van der Waals surface area contributed by atoms with Crippen molar-refractivity contribution in [2.75, 3.05) is 12.3 Å². The van der Waals surface area contributed by atoms with E-state index in [1.165, 1.54) is 11.3 Å². The van der Waals surface area contributed by atoms with Crippen LogP contribution in [0.1, 0.15) is 26.3 Å². The van der Waals surface area contributed by atoms with Crippen molar-refractivity contribution in [2.45, 2.75) is 32.1 Å². The van der Waals surface area contributed by atoms with Gasteiger partial charge in [-0.25, -0.2) is 0 Å². The molecule has 0 aromatic carbocycles. The zero-order valence-electron chi connectivity index (χ0n) is 9.58. The second-order valence-corrected chi connectivity index (χ2v) is 6.97. The van der Waals surface area contributed by atoms with Crippen molar-refractivity contribution >= 4 is 35.5 Å². The van der Waals surface area contributed by atoms with Crippen LogP contribution in [0.15, 0.2) is 16.8 Å². The summed E-state index contributed by atoms with van der Waals surface area (Å²) in [5.41, 5.74) is 1.40. The molecule has 15 heavy (non-hydrogen) atoms. The van der Waals surface area contributed by atoms with Crippen molar-refractivity contribution in [3.63, 3.8) is 0 Å². The third-order valence-corrected chi connectivity index (χ3v) is 3.73. The molecule has 0 aliphatic carbocycles. The molecule has 4 heteroatoms.